The highest BCUT2D eigenvalue weighted by atomic mass is 35.5. The van der Waals surface area contributed by atoms with Gasteiger partial charge in [-0.2, -0.15) is 0 Å². The van der Waals surface area contributed by atoms with E-state index in [4.69, 9.17) is 0 Å². The quantitative estimate of drug-likeness (QED) is 0.122. The summed E-state index contributed by atoms with van der Waals surface area (Å²) in [6.07, 6.45) is 10.4. The van der Waals surface area contributed by atoms with Crippen molar-refractivity contribution in [3.8, 4) is 0 Å². The van der Waals surface area contributed by atoms with Gasteiger partial charge in [0.2, 0.25) is 0 Å². The van der Waals surface area contributed by atoms with Gasteiger partial charge in [-0.05, 0) is 83.0 Å². The van der Waals surface area contributed by atoms with Gasteiger partial charge in [0.05, 0.1) is 0 Å². The van der Waals surface area contributed by atoms with Crippen molar-refractivity contribution in [2.75, 3.05) is 44.6 Å². The van der Waals surface area contributed by atoms with Crippen molar-refractivity contribution in [2.24, 2.45) is 0 Å². The zero-order valence-electron chi connectivity index (χ0n) is 21.9. The molecule has 0 aromatic heterocycles. The van der Waals surface area contributed by atoms with Crippen molar-refractivity contribution in [1.82, 2.24) is 16.0 Å². The summed E-state index contributed by atoms with van der Waals surface area (Å²) in [5.41, 5.74) is 2.58. The van der Waals surface area contributed by atoms with Crippen molar-refractivity contribution in [3.63, 3.8) is 0 Å². The first-order valence-corrected chi connectivity index (χ1v) is 12.8. The number of hydrogen-bond donors (Lipinski definition) is 4. The Morgan fingerprint density at radius 1 is 0.500 bits per heavy atom. The van der Waals surface area contributed by atoms with Gasteiger partial charge in [-0.15, -0.1) is 49.6 Å². The van der Waals surface area contributed by atoms with Crippen molar-refractivity contribution in [1.29, 1.82) is 0 Å². The van der Waals surface area contributed by atoms with Gasteiger partial charge >= 0.3 is 0 Å². The molecule has 4 nitrogen and oxygen atoms in total. The Morgan fingerprint density at radius 3 is 1.50 bits per heavy atom. The van der Waals surface area contributed by atoms with Crippen LogP contribution in [0, 0.1) is 0 Å². The van der Waals surface area contributed by atoms with Crippen LogP contribution in [0.25, 0.3) is 0 Å². The van der Waals surface area contributed by atoms with Gasteiger partial charge in [-0.25, -0.2) is 0 Å². The SMILES string of the molecule is CC(NCCCNCCCCCCCCNCCCNc1ccccc1)c1ccccc1.Cl.Cl.Cl.Cl. The van der Waals surface area contributed by atoms with Crippen LogP contribution in [0.1, 0.15) is 69.9 Å². The number of hydrogen-bond acceptors (Lipinski definition) is 4. The van der Waals surface area contributed by atoms with Gasteiger partial charge < -0.3 is 21.3 Å². The van der Waals surface area contributed by atoms with Crippen LogP contribution in [0.3, 0.4) is 0 Å². The Hall–Kier alpha value is -0.720. The summed E-state index contributed by atoms with van der Waals surface area (Å²) in [6, 6.07) is 21.6. The molecule has 0 amide bonds. The molecule has 0 saturated carbocycles. The molecule has 2 aromatic rings. The third-order valence-electron chi connectivity index (χ3n) is 5.87. The number of para-hydroxylation sites is 1. The molecule has 0 spiro atoms. The molecule has 0 aliphatic rings. The van der Waals surface area contributed by atoms with E-state index in [1.165, 1.54) is 62.6 Å². The maximum atomic E-state index is 3.61. The van der Waals surface area contributed by atoms with Crippen molar-refractivity contribution < 1.29 is 0 Å². The second-order valence-electron chi connectivity index (χ2n) is 8.71. The minimum atomic E-state index is 0. The Morgan fingerprint density at radius 2 is 0.944 bits per heavy atom. The first kappa shape index (κ1) is 39.8. The van der Waals surface area contributed by atoms with E-state index < -0.39 is 0 Å². The lowest BCUT2D eigenvalue weighted by Crippen LogP contribution is -2.24. The summed E-state index contributed by atoms with van der Waals surface area (Å²) in [7, 11) is 0. The van der Waals surface area contributed by atoms with E-state index in [1.807, 2.05) is 0 Å². The van der Waals surface area contributed by atoms with Crippen LogP contribution in [-0.4, -0.2) is 39.3 Å². The smallest absolute Gasteiger partial charge is 0.0340 e. The minimum absolute atomic E-state index is 0. The predicted molar refractivity (Wildman–Crippen MR) is 169 cm³/mol. The molecule has 1 atom stereocenters. The Bertz CT molecular complexity index is 665. The van der Waals surface area contributed by atoms with E-state index in [-0.39, 0.29) is 49.6 Å². The highest BCUT2D eigenvalue weighted by molar-refractivity contribution is 5.86. The normalized spacial score (nSPS) is 10.7. The summed E-state index contributed by atoms with van der Waals surface area (Å²) in [5.74, 6) is 0. The molecule has 1 unspecified atom stereocenters. The van der Waals surface area contributed by atoms with Crippen molar-refractivity contribution in [2.45, 2.75) is 64.3 Å². The fraction of sp³-hybridized carbons (Fsp3) is 0.571. The zero-order valence-corrected chi connectivity index (χ0v) is 25.1. The molecule has 0 aliphatic carbocycles. The molecule has 0 radical (unpaired) electrons. The standard InChI is InChI=1S/C28H46N4.4ClH/c1-26(27-16-8-6-9-17-27)31-24-14-22-29-20-12-4-2-3-5-13-21-30-23-15-25-32-28-18-10-7-11-19-28;;;;/h6-11,16-19,26,29-32H,2-5,12-15,20-25H2,1H3;4*1H. The highest BCUT2D eigenvalue weighted by Gasteiger charge is 2.02. The topological polar surface area (TPSA) is 48.1 Å². The molecule has 36 heavy (non-hydrogen) atoms. The van der Waals surface area contributed by atoms with Crippen LogP contribution in [0.4, 0.5) is 5.69 Å². The summed E-state index contributed by atoms with van der Waals surface area (Å²) < 4.78 is 0. The van der Waals surface area contributed by atoms with Crippen molar-refractivity contribution >= 4 is 55.3 Å². The summed E-state index contributed by atoms with van der Waals surface area (Å²) >= 11 is 0. The lowest BCUT2D eigenvalue weighted by Gasteiger charge is -2.14. The van der Waals surface area contributed by atoms with Gasteiger partial charge in [0.15, 0.2) is 0 Å². The van der Waals surface area contributed by atoms with E-state index in [1.54, 1.807) is 0 Å². The third kappa shape index (κ3) is 21.4. The molecule has 0 aliphatic heterocycles. The number of nitrogens with one attached hydrogen (secondary N) is 4. The van der Waals surface area contributed by atoms with Crippen molar-refractivity contribution in [3.05, 3.63) is 66.2 Å². The lowest BCUT2D eigenvalue weighted by atomic mass is 10.1. The summed E-state index contributed by atoms with van der Waals surface area (Å²) in [6.45, 7) is 8.88. The number of benzene rings is 2. The van der Waals surface area contributed by atoms with Crippen LogP contribution < -0.4 is 21.3 Å². The molecule has 0 fully saturated rings. The second-order valence-corrected chi connectivity index (χ2v) is 8.71. The summed E-state index contributed by atoms with van der Waals surface area (Å²) in [4.78, 5) is 0. The number of rotatable bonds is 20. The Kier molecular flexibility index (Phi) is 31.9. The number of unbranched alkanes of at least 4 members (excludes halogenated alkanes) is 5. The zero-order chi connectivity index (χ0) is 22.5. The first-order chi connectivity index (χ1) is 15.9. The van der Waals surface area contributed by atoms with E-state index in [9.17, 15) is 0 Å². The molecule has 2 rings (SSSR count). The Balaban J connectivity index is -0.00000272. The number of anilines is 1. The van der Waals surface area contributed by atoms with Gasteiger partial charge in [0.1, 0.15) is 0 Å². The average Bonchev–Trinajstić information content (AvgIpc) is 2.84. The molecule has 210 valence electrons. The maximum Gasteiger partial charge on any atom is 0.0340 e. The number of halogens is 4. The van der Waals surface area contributed by atoms with Gasteiger partial charge in [-0.3, -0.25) is 0 Å². The molecule has 2 aromatic carbocycles. The van der Waals surface area contributed by atoms with Gasteiger partial charge in [0, 0.05) is 18.3 Å². The molecule has 4 N–H and O–H groups in total. The van der Waals surface area contributed by atoms with Crippen LogP contribution in [0.15, 0.2) is 60.7 Å². The van der Waals surface area contributed by atoms with E-state index >= 15 is 0 Å². The predicted octanol–water partition coefficient (Wildman–Crippen LogP) is 7.44. The van der Waals surface area contributed by atoms with E-state index in [2.05, 4.69) is 88.9 Å². The van der Waals surface area contributed by atoms with Crippen LogP contribution in [0.2, 0.25) is 0 Å². The molecule has 0 heterocycles. The highest BCUT2D eigenvalue weighted by Crippen LogP contribution is 2.10. The summed E-state index contributed by atoms with van der Waals surface area (Å²) in [5, 5.41) is 14.2. The van der Waals surface area contributed by atoms with Crippen LogP contribution in [-0.2, 0) is 0 Å². The van der Waals surface area contributed by atoms with Crippen LogP contribution >= 0.6 is 49.6 Å². The monoisotopic (exact) mass is 582 g/mol. The van der Waals surface area contributed by atoms with Crippen LogP contribution in [0.5, 0.6) is 0 Å². The molecule has 0 bridgehead atoms. The molecule has 8 heteroatoms. The fourth-order valence-corrected chi connectivity index (χ4v) is 3.85. The van der Waals surface area contributed by atoms with E-state index in [0.717, 1.165) is 39.3 Å². The maximum absolute atomic E-state index is 3.61. The van der Waals surface area contributed by atoms with Gasteiger partial charge in [-0.1, -0.05) is 74.2 Å². The largest absolute Gasteiger partial charge is 0.385 e. The molecule has 0 saturated heterocycles. The minimum Gasteiger partial charge on any atom is -0.385 e. The second kappa shape index (κ2) is 28.8. The fourth-order valence-electron chi connectivity index (χ4n) is 3.85. The average molecular weight is 585 g/mol. The van der Waals surface area contributed by atoms with Gasteiger partial charge in [0.25, 0.3) is 0 Å². The molecular weight excluding hydrogens is 534 g/mol. The Labute approximate surface area is 245 Å². The van der Waals surface area contributed by atoms with E-state index in [0.29, 0.717) is 6.04 Å². The first-order valence-electron chi connectivity index (χ1n) is 12.8. The lowest BCUT2D eigenvalue weighted by molar-refractivity contribution is 0.522. The third-order valence-corrected chi connectivity index (χ3v) is 5.87. The molecular formula is C28H50Cl4N4.